The largest absolute Gasteiger partial charge is 0.331 e. The summed E-state index contributed by atoms with van der Waals surface area (Å²) in [6.07, 6.45) is 3.95. The number of piperidine rings is 1. The molecule has 0 bridgehead atoms. The van der Waals surface area contributed by atoms with Crippen LogP contribution in [0.3, 0.4) is 0 Å². The minimum Gasteiger partial charge on any atom is -0.331 e. The van der Waals surface area contributed by atoms with Gasteiger partial charge in [-0.3, -0.25) is 9.59 Å². The number of amides is 2. The molecule has 1 unspecified atom stereocenters. The van der Waals surface area contributed by atoms with Gasteiger partial charge in [0.25, 0.3) is 0 Å². The molecule has 0 aliphatic carbocycles. The van der Waals surface area contributed by atoms with Crippen LogP contribution in [0.5, 0.6) is 0 Å². The fourth-order valence-corrected chi connectivity index (χ4v) is 4.93. The number of fused-ring (bicyclic) bond motifs is 1. The van der Waals surface area contributed by atoms with E-state index in [2.05, 4.69) is 31.3 Å². The molecule has 1 saturated heterocycles. The molecule has 1 aliphatic heterocycles. The molecule has 1 aliphatic rings. The molecule has 29 heavy (non-hydrogen) atoms. The lowest BCUT2D eigenvalue weighted by molar-refractivity contribution is -0.145. The minimum atomic E-state index is -0.562. The average molecular weight is 408 g/mol. The van der Waals surface area contributed by atoms with Crippen LogP contribution in [0.25, 0.3) is 20.8 Å². The normalized spacial score (nSPS) is 16.8. The quantitative estimate of drug-likeness (QED) is 0.622. The number of carbonyl (C=O) groups excluding carboxylic acids is 2. The predicted molar refractivity (Wildman–Crippen MR) is 118 cm³/mol. The van der Waals surface area contributed by atoms with Gasteiger partial charge in [-0.05, 0) is 74.6 Å². The highest BCUT2D eigenvalue weighted by Crippen LogP contribution is 2.31. The molecule has 6 heteroatoms. The number of anilines is 1. The van der Waals surface area contributed by atoms with Gasteiger partial charge in [-0.2, -0.15) is 0 Å². The maximum absolute atomic E-state index is 12.6. The third-order valence-electron chi connectivity index (χ3n) is 5.49. The maximum atomic E-state index is 12.6. The van der Waals surface area contributed by atoms with Crippen LogP contribution >= 0.6 is 11.3 Å². The van der Waals surface area contributed by atoms with E-state index in [1.165, 1.54) is 5.56 Å². The third-order valence-corrected chi connectivity index (χ3v) is 6.55. The van der Waals surface area contributed by atoms with Crippen LogP contribution in [-0.4, -0.2) is 34.3 Å². The van der Waals surface area contributed by atoms with Crippen molar-refractivity contribution in [2.75, 3.05) is 11.9 Å². The second-order valence-electron chi connectivity index (χ2n) is 7.58. The van der Waals surface area contributed by atoms with Gasteiger partial charge in [0.1, 0.15) is 5.01 Å². The van der Waals surface area contributed by atoms with Gasteiger partial charge in [-0.25, -0.2) is 4.98 Å². The molecule has 1 N–H and O–H groups in total. The lowest BCUT2D eigenvalue weighted by atomic mass is 10.00. The highest BCUT2D eigenvalue weighted by molar-refractivity contribution is 7.21. The summed E-state index contributed by atoms with van der Waals surface area (Å²) in [5.41, 5.74) is 3.82. The molecule has 1 aromatic heterocycles. The van der Waals surface area contributed by atoms with Crippen LogP contribution in [0.15, 0.2) is 42.5 Å². The monoisotopic (exact) mass is 407 g/mol. The Hall–Kier alpha value is -2.73. The van der Waals surface area contributed by atoms with E-state index in [-0.39, 0.29) is 6.04 Å². The Balaban J connectivity index is 1.46. The lowest BCUT2D eigenvalue weighted by Crippen LogP contribution is -2.48. The molecule has 2 aromatic carbocycles. The Bertz CT molecular complexity index is 1040. The number of benzene rings is 2. The van der Waals surface area contributed by atoms with Crippen molar-refractivity contribution in [1.82, 2.24) is 9.88 Å². The molecule has 5 nitrogen and oxygen atoms in total. The summed E-state index contributed by atoms with van der Waals surface area (Å²) in [4.78, 5) is 31.5. The smallest absolute Gasteiger partial charge is 0.313 e. The van der Waals surface area contributed by atoms with E-state index in [0.717, 1.165) is 46.5 Å². The number of nitrogens with one attached hydrogen (secondary N) is 1. The van der Waals surface area contributed by atoms with Crippen molar-refractivity contribution < 1.29 is 9.59 Å². The predicted octanol–water partition coefficient (Wildman–Crippen LogP) is 5.00. The van der Waals surface area contributed by atoms with Crippen molar-refractivity contribution in [1.29, 1.82) is 0 Å². The van der Waals surface area contributed by atoms with Crippen molar-refractivity contribution in [2.24, 2.45) is 0 Å². The summed E-state index contributed by atoms with van der Waals surface area (Å²) in [6, 6.07) is 13.9. The lowest BCUT2D eigenvalue weighted by Gasteiger charge is -2.34. The summed E-state index contributed by atoms with van der Waals surface area (Å²) in [7, 11) is 0. The van der Waals surface area contributed by atoms with Crippen molar-refractivity contribution in [3.63, 3.8) is 0 Å². The number of aryl methyl sites for hydroxylation is 1. The fourth-order valence-electron chi connectivity index (χ4n) is 3.86. The summed E-state index contributed by atoms with van der Waals surface area (Å²) in [5.74, 6) is -0.990. The van der Waals surface area contributed by atoms with E-state index in [4.69, 9.17) is 4.98 Å². The number of hydrogen-bond acceptors (Lipinski definition) is 4. The van der Waals surface area contributed by atoms with Gasteiger partial charge in [0.15, 0.2) is 0 Å². The van der Waals surface area contributed by atoms with E-state index in [1.807, 2.05) is 30.3 Å². The van der Waals surface area contributed by atoms with Crippen molar-refractivity contribution >= 4 is 39.1 Å². The first kappa shape index (κ1) is 19.6. The fraction of sp³-hybridized carbons (Fsp3) is 0.348. The van der Waals surface area contributed by atoms with E-state index in [1.54, 1.807) is 16.2 Å². The standard InChI is InChI=1S/C23H25N3O2S/c1-3-18-6-4-5-13-26(18)23(28)21(27)24-17-10-8-16(9-11-17)22-25-19-12-7-15(2)14-20(19)29-22/h7-12,14,18H,3-6,13H2,1-2H3,(H,24,27). The van der Waals surface area contributed by atoms with Gasteiger partial charge in [-0.1, -0.05) is 13.0 Å². The van der Waals surface area contributed by atoms with Crippen LogP contribution in [0.1, 0.15) is 38.2 Å². The SMILES string of the molecule is CCC1CCCCN1C(=O)C(=O)Nc1ccc(-c2nc3ccc(C)cc3s2)cc1. The van der Waals surface area contributed by atoms with E-state index < -0.39 is 11.8 Å². The van der Waals surface area contributed by atoms with E-state index in [9.17, 15) is 9.59 Å². The van der Waals surface area contributed by atoms with Crippen LogP contribution < -0.4 is 5.32 Å². The summed E-state index contributed by atoms with van der Waals surface area (Å²) < 4.78 is 1.16. The highest BCUT2D eigenvalue weighted by Gasteiger charge is 2.29. The summed E-state index contributed by atoms with van der Waals surface area (Å²) >= 11 is 1.65. The van der Waals surface area contributed by atoms with E-state index in [0.29, 0.717) is 12.2 Å². The Morgan fingerprint density at radius 2 is 1.97 bits per heavy atom. The molecule has 0 spiro atoms. The molecule has 2 heterocycles. The Labute approximate surface area is 174 Å². The van der Waals surface area contributed by atoms with Gasteiger partial charge in [0, 0.05) is 23.8 Å². The van der Waals surface area contributed by atoms with E-state index >= 15 is 0 Å². The molecule has 1 atom stereocenters. The van der Waals surface area contributed by atoms with Crippen LogP contribution in [0.2, 0.25) is 0 Å². The number of thiazole rings is 1. The molecule has 0 saturated carbocycles. The van der Waals surface area contributed by atoms with Gasteiger partial charge in [0.2, 0.25) is 0 Å². The van der Waals surface area contributed by atoms with Crippen LogP contribution in [0.4, 0.5) is 5.69 Å². The van der Waals surface area contributed by atoms with Gasteiger partial charge < -0.3 is 10.2 Å². The average Bonchev–Trinajstić information content (AvgIpc) is 3.16. The number of aromatic nitrogens is 1. The van der Waals surface area contributed by atoms with Gasteiger partial charge in [0.05, 0.1) is 10.2 Å². The first-order valence-electron chi connectivity index (χ1n) is 10.1. The third kappa shape index (κ3) is 4.17. The molecule has 2 amide bonds. The molecule has 150 valence electrons. The number of carbonyl (C=O) groups is 2. The molecule has 1 fully saturated rings. The number of rotatable bonds is 3. The Morgan fingerprint density at radius 1 is 1.17 bits per heavy atom. The zero-order valence-corrected chi connectivity index (χ0v) is 17.6. The molecular weight excluding hydrogens is 382 g/mol. The molecule has 0 radical (unpaired) electrons. The van der Waals surface area contributed by atoms with Crippen molar-refractivity contribution in [3.05, 3.63) is 48.0 Å². The topological polar surface area (TPSA) is 62.3 Å². The zero-order chi connectivity index (χ0) is 20.4. The maximum Gasteiger partial charge on any atom is 0.313 e. The number of likely N-dealkylation sites (tertiary alicyclic amines) is 1. The minimum absolute atomic E-state index is 0.173. The van der Waals surface area contributed by atoms with Gasteiger partial charge >= 0.3 is 11.8 Å². The second kappa shape index (κ2) is 8.33. The molecule has 3 aromatic rings. The first-order valence-corrected chi connectivity index (χ1v) is 11.0. The summed E-state index contributed by atoms with van der Waals surface area (Å²) in [6.45, 7) is 4.81. The van der Waals surface area contributed by atoms with Crippen molar-refractivity contribution in [3.8, 4) is 10.6 Å². The van der Waals surface area contributed by atoms with Crippen LogP contribution in [0, 0.1) is 6.92 Å². The first-order chi connectivity index (χ1) is 14.0. The zero-order valence-electron chi connectivity index (χ0n) is 16.8. The molecular formula is C23H25N3O2S. The highest BCUT2D eigenvalue weighted by atomic mass is 32.1. The van der Waals surface area contributed by atoms with Gasteiger partial charge in [-0.15, -0.1) is 11.3 Å². The molecule has 4 rings (SSSR count). The van der Waals surface area contributed by atoms with Crippen molar-refractivity contribution in [2.45, 2.75) is 45.6 Å². The van der Waals surface area contributed by atoms with Crippen LogP contribution in [-0.2, 0) is 9.59 Å². The summed E-state index contributed by atoms with van der Waals surface area (Å²) in [5, 5.41) is 3.69. The second-order valence-corrected chi connectivity index (χ2v) is 8.61. The number of nitrogens with zero attached hydrogens (tertiary/aromatic N) is 2. The Morgan fingerprint density at radius 3 is 2.72 bits per heavy atom. The Kier molecular flexibility index (Phi) is 5.62. The number of hydrogen-bond donors (Lipinski definition) is 1.